The molecule has 0 unspecified atom stereocenters. The lowest BCUT2D eigenvalue weighted by atomic mass is 10.2. The molecule has 0 amide bonds. The quantitative estimate of drug-likeness (QED) is 0.506. The summed E-state index contributed by atoms with van der Waals surface area (Å²) in [7, 11) is 1.73. The van der Waals surface area contributed by atoms with Gasteiger partial charge in [0.25, 0.3) is 0 Å². The maximum absolute atomic E-state index is 8.42. The molecule has 0 aliphatic carbocycles. The van der Waals surface area contributed by atoms with E-state index in [1.165, 1.54) is 12.8 Å². The molecule has 0 aliphatic rings. The molecule has 11 heavy (non-hydrogen) atoms. The van der Waals surface area contributed by atoms with Crippen molar-refractivity contribution in [2.45, 2.75) is 19.3 Å². The highest BCUT2D eigenvalue weighted by molar-refractivity contribution is 4.46. The molecule has 0 rings (SSSR count). The largest absolute Gasteiger partial charge is 0.395 e. The lowest BCUT2D eigenvalue weighted by Crippen LogP contribution is -2.19. The SMILES string of the molecule is COCCCCCNCCO. The van der Waals surface area contributed by atoms with Gasteiger partial charge in [-0.1, -0.05) is 0 Å². The summed E-state index contributed by atoms with van der Waals surface area (Å²) in [5.74, 6) is 0. The number of methoxy groups -OCH3 is 1. The van der Waals surface area contributed by atoms with E-state index in [0.717, 1.165) is 19.6 Å². The molecule has 0 aliphatic heterocycles. The van der Waals surface area contributed by atoms with Gasteiger partial charge in [0.1, 0.15) is 0 Å². The molecule has 0 aromatic carbocycles. The second-order valence-corrected chi connectivity index (χ2v) is 2.53. The first-order valence-electron chi connectivity index (χ1n) is 4.22. The molecule has 0 saturated heterocycles. The minimum Gasteiger partial charge on any atom is -0.395 e. The van der Waals surface area contributed by atoms with Crippen LogP contribution in [-0.4, -0.2) is 38.5 Å². The highest BCUT2D eigenvalue weighted by Crippen LogP contribution is 1.93. The lowest BCUT2D eigenvalue weighted by Gasteiger charge is -2.01. The van der Waals surface area contributed by atoms with E-state index in [9.17, 15) is 0 Å². The number of aliphatic hydroxyl groups is 1. The average molecular weight is 161 g/mol. The fourth-order valence-electron chi connectivity index (χ4n) is 0.877. The fraction of sp³-hybridized carbons (Fsp3) is 1.00. The van der Waals surface area contributed by atoms with Gasteiger partial charge in [0.2, 0.25) is 0 Å². The Morgan fingerprint density at radius 2 is 2.00 bits per heavy atom. The molecule has 2 N–H and O–H groups in total. The number of aliphatic hydroxyl groups excluding tert-OH is 1. The van der Waals surface area contributed by atoms with E-state index < -0.39 is 0 Å². The molecule has 0 saturated carbocycles. The van der Waals surface area contributed by atoms with Crippen molar-refractivity contribution in [3.8, 4) is 0 Å². The van der Waals surface area contributed by atoms with Gasteiger partial charge in [0, 0.05) is 20.3 Å². The lowest BCUT2D eigenvalue weighted by molar-refractivity contribution is 0.192. The van der Waals surface area contributed by atoms with Crippen molar-refractivity contribution < 1.29 is 9.84 Å². The third-order valence-electron chi connectivity index (χ3n) is 1.49. The first-order chi connectivity index (χ1) is 5.41. The standard InChI is InChI=1S/C8H19NO2/c1-11-8-4-2-3-5-9-6-7-10/h9-10H,2-8H2,1H3. The number of nitrogens with one attached hydrogen (secondary N) is 1. The summed E-state index contributed by atoms with van der Waals surface area (Å²) < 4.78 is 4.91. The Morgan fingerprint density at radius 1 is 1.18 bits per heavy atom. The summed E-state index contributed by atoms with van der Waals surface area (Å²) >= 11 is 0. The Kier molecular flexibility index (Phi) is 9.77. The summed E-state index contributed by atoms with van der Waals surface area (Å²) in [4.78, 5) is 0. The number of hydrogen-bond acceptors (Lipinski definition) is 3. The first-order valence-corrected chi connectivity index (χ1v) is 4.22. The van der Waals surface area contributed by atoms with Crippen LogP contribution in [0.1, 0.15) is 19.3 Å². The fourth-order valence-corrected chi connectivity index (χ4v) is 0.877. The minimum absolute atomic E-state index is 0.234. The molecule has 3 heteroatoms. The van der Waals surface area contributed by atoms with Gasteiger partial charge in [-0.2, -0.15) is 0 Å². The van der Waals surface area contributed by atoms with Crippen LogP contribution in [0.5, 0.6) is 0 Å². The zero-order valence-corrected chi connectivity index (χ0v) is 7.31. The Bertz CT molecular complexity index is 61.1. The topological polar surface area (TPSA) is 41.5 Å². The Balaban J connectivity index is 2.69. The molecule has 0 bridgehead atoms. The molecule has 68 valence electrons. The van der Waals surface area contributed by atoms with Crippen LogP contribution in [0, 0.1) is 0 Å². The summed E-state index contributed by atoms with van der Waals surface area (Å²) in [5.41, 5.74) is 0. The van der Waals surface area contributed by atoms with E-state index in [4.69, 9.17) is 9.84 Å². The van der Waals surface area contributed by atoms with Gasteiger partial charge in [0.15, 0.2) is 0 Å². The molecule has 0 heterocycles. The smallest absolute Gasteiger partial charge is 0.0555 e. The van der Waals surface area contributed by atoms with Crippen LogP contribution in [0.4, 0.5) is 0 Å². The van der Waals surface area contributed by atoms with Crippen molar-refractivity contribution in [3.05, 3.63) is 0 Å². The third kappa shape index (κ3) is 9.88. The molecular formula is C8H19NO2. The van der Waals surface area contributed by atoms with E-state index in [1.807, 2.05) is 0 Å². The van der Waals surface area contributed by atoms with E-state index in [1.54, 1.807) is 7.11 Å². The minimum atomic E-state index is 0.234. The highest BCUT2D eigenvalue weighted by atomic mass is 16.5. The second kappa shape index (κ2) is 9.88. The number of ether oxygens (including phenoxy) is 1. The molecule has 0 atom stereocenters. The Morgan fingerprint density at radius 3 is 2.64 bits per heavy atom. The van der Waals surface area contributed by atoms with Gasteiger partial charge >= 0.3 is 0 Å². The van der Waals surface area contributed by atoms with E-state index in [-0.39, 0.29) is 6.61 Å². The van der Waals surface area contributed by atoms with Crippen molar-refractivity contribution in [3.63, 3.8) is 0 Å². The first kappa shape index (κ1) is 10.9. The zero-order chi connectivity index (χ0) is 8.36. The zero-order valence-electron chi connectivity index (χ0n) is 7.31. The van der Waals surface area contributed by atoms with Gasteiger partial charge in [-0.05, 0) is 25.8 Å². The highest BCUT2D eigenvalue weighted by Gasteiger charge is 1.88. The van der Waals surface area contributed by atoms with Crippen molar-refractivity contribution in [1.82, 2.24) is 5.32 Å². The van der Waals surface area contributed by atoms with E-state index >= 15 is 0 Å². The van der Waals surface area contributed by atoms with Crippen LogP contribution in [0.2, 0.25) is 0 Å². The number of unbranched alkanes of at least 4 members (excludes halogenated alkanes) is 2. The molecule has 0 aromatic heterocycles. The van der Waals surface area contributed by atoms with Crippen LogP contribution >= 0.6 is 0 Å². The van der Waals surface area contributed by atoms with E-state index in [2.05, 4.69) is 5.32 Å². The monoisotopic (exact) mass is 161 g/mol. The van der Waals surface area contributed by atoms with Crippen LogP contribution in [0.3, 0.4) is 0 Å². The van der Waals surface area contributed by atoms with Crippen LogP contribution in [0.15, 0.2) is 0 Å². The normalized spacial score (nSPS) is 10.4. The van der Waals surface area contributed by atoms with Crippen LogP contribution in [0.25, 0.3) is 0 Å². The van der Waals surface area contributed by atoms with Crippen molar-refractivity contribution in [1.29, 1.82) is 0 Å². The van der Waals surface area contributed by atoms with Gasteiger partial charge in [-0.3, -0.25) is 0 Å². The van der Waals surface area contributed by atoms with E-state index in [0.29, 0.717) is 6.54 Å². The number of hydrogen-bond donors (Lipinski definition) is 2. The molecular weight excluding hydrogens is 142 g/mol. The maximum atomic E-state index is 8.42. The average Bonchev–Trinajstić information content (AvgIpc) is 2.03. The van der Waals surface area contributed by atoms with Crippen molar-refractivity contribution in [2.24, 2.45) is 0 Å². The molecule has 0 spiro atoms. The van der Waals surface area contributed by atoms with Gasteiger partial charge in [0.05, 0.1) is 6.61 Å². The second-order valence-electron chi connectivity index (χ2n) is 2.53. The summed E-state index contributed by atoms with van der Waals surface area (Å²) in [6, 6.07) is 0. The predicted molar refractivity (Wildman–Crippen MR) is 45.7 cm³/mol. The van der Waals surface area contributed by atoms with Crippen LogP contribution in [-0.2, 0) is 4.74 Å². The maximum Gasteiger partial charge on any atom is 0.0555 e. The molecule has 0 radical (unpaired) electrons. The van der Waals surface area contributed by atoms with Crippen LogP contribution < -0.4 is 5.32 Å². The Hall–Kier alpha value is -0.120. The molecule has 3 nitrogen and oxygen atoms in total. The third-order valence-corrected chi connectivity index (χ3v) is 1.49. The van der Waals surface area contributed by atoms with Gasteiger partial charge in [-0.25, -0.2) is 0 Å². The van der Waals surface area contributed by atoms with Gasteiger partial charge < -0.3 is 15.2 Å². The van der Waals surface area contributed by atoms with Crippen molar-refractivity contribution >= 4 is 0 Å². The summed E-state index contributed by atoms with van der Waals surface area (Å²) in [6.45, 7) is 2.81. The van der Waals surface area contributed by atoms with Crippen molar-refractivity contribution in [2.75, 3.05) is 33.4 Å². The molecule has 0 fully saturated rings. The Labute approximate surface area is 68.8 Å². The summed E-state index contributed by atoms with van der Waals surface area (Å²) in [6.07, 6.45) is 3.51. The predicted octanol–water partition coefficient (Wildman–Crippen LogP) is 0.385. The summed E-state index contributed by atoms with van der Waals surface area (Å²) in [5, 5.41) is 11.5. The molecule has 0 aromatic rings. The number of rotatable bonds is 8. The van der Waals surface area contributed by atoms with Gasteiger partial charge in [-0.15, -0.1) is 0 Å².